The van der Waals surface area contributed by atoms with Crippen molar-refractivity contribution in [1.82, 2.24) is 0 Å². The summed E-state index contributed by atoms with van der Waals surface area (Å²) in [5.41, 5.74) is 2.04. The Morgan fingerprint density at radius 2 is 2.36 bits per heavy atom. The van der Waals surface area contributed by atoms with E-state index in [0.29, 0.717) is 5.75 Å². The first-order valence-electron chi connectivity index (χ1n) is 4.66. The molecule has 1 aliphatic rings. The molecule has 1 unspecified atom stereocenters. The Morgan fingerprint density at radius 1 is 1.57 bits per heavy atom. The van der Waals surface area contributed by atoms with Crippen molar-refractivity contribution in [3.8, 4) is 5.75 Å². The largest absolute Gasteiger partial charge is 0.427 e. The summed E-state index contributed by atoms with van der Waals surface area (Å²) in [7, 11) is 0. The molecule has 0 bridgehead atoms. The zero-order valence-corrected chi connectivity index (χ0v) is 7.99. The molecule has 0 amide bonds. The maximum atomic E-state index is 10.7. The number of aliphatic hydroxyl groups is 1. The SMILES string of the molecule is CC(=O)Oc1ccc2c(c1)C(O)CC2. The fourth-order valence-corrected chi connectivity index (χ4v) is 1.79. The number of esters is 1. The topological polar surface area (TPSA) is 46.5 Å². The van der Waals surface area contributed by atoms with Crippen molar-refractivity contribution < 1.29 is 14.6 Å². The number of carbonyl (C=O) groups excluding carboxylic acids is 1. The Balaban J connectivity index is 2.30. The number of rotatable bonds is 1. The average molecular weight is 192 g/mol. The van der Waals surface area contributed by atoms with Crippen molar-refractivity contribution in [3.05, 3.63) is 29.3 Å². The Hall–Kier alpha value is -1.35. The van der Waals surface area contributed by atoms with E-state index in [1.807, 2.05) is 6.07 Å². The lowest BCUT2D eigenvalue weighted by Gasteiger charge is -2.06. The minimum absolute atomic E-state index is 0.336. The summed E-state index contributed by atoms with van der Waals surface area (Å²) in [6.07, 6.45) is 1.26. The van der Waals surface area contributed by atoms with Crippen LogP contribution in [0.5, 0.6) is 5.75 Å². The highest BCUT2D eigenvalue weighted by Gasteiger charge is 2.20. The minimum atomic E-state index is -0.402. The number of fused-ring (bicyclic) bond motifs is 1. The molecular formula is C11H12O3. The molecule has 0 heterocycles. The van der Waals surface area contributed by atoms with Crippen LogP contribution in [0.1, 0.15) is 30.6 Å². The monoisotopic (exact) mass is 192 g/mol. The Morgan fingerprint density at radius 3 is 3.07 bits per heavy atom. The van der Waals surface area contributed by atoms with E-state index in [1.54, 1.807) is 12.1 Å². The predicted octanol–water partition coefficient (Wildman–Crippen LogP) is 1.59. The number of hydrogen-bond donors (Lipinski definition) is 1. The number of carbonyl (C=O) groups is 1. The number of aliphatic hydroxyl groups excluding tert-OH is 1. The summed E-state index contributed by atoms with van der Waals surface area (Å²) >= 11 is 0. The molecule has 1 aromatic rings. The molecule has 3 heteroatoms. The third-order valence-electron chi connectivity index (χ3n) is 2.43. The highest BCUT2D eigenvalue weighted by Crippen LogP contribution is 2.33. The van der Waals surface area contributed by atoms with E-state index >= 15 is 0 Å². The van der Waals surface area contributed by atoms with Crippen LogP contribution < -0.4 is 4.74 Å². The third-order valence-corrected chi connectivity index (χ3v) is 2.43. The molecule has 1 atom stereocenters. The first kappa shape index (κ1) is 9.21. The first-order chi connectivity index (χ1) is 6.66. The quantitative estimate of drug-likeness (QED) is 0.543. The summed E-state index contributed by atoms with van der Waals surface area (Å²) in [6.45, 7) is 1.36. The number of hydrogen-bond acceptors (Lipinski definition) is 3. The summed E-state index contributed by atoms with van der Waals surface area (Å²) in [6, 6.07) is 5.41. The molecule has 0 saturated heterocycles. The second-order valence-corrected chi connectivity index (χ2v) is 3.51. The number of aryl methyl sites for hydroxylation is 1. The van der Waals surface area contributed by atoms with Gasteiger partial charge in [0.05, 0.1) is 6.10 Å². The Bertz CT molecular complexity index is 371. The van der Waals surface area contributed by atoms with Gasteiger partial charge in [-0.25, -0.2) is 0 Å². The fraction of sp³-hybridized carbons (Fsp3) is 0.364. The zero-order chi connectivity index (χ0) is 10.1. The van der Waals surface area contributed by atoms with Crippen LogP contribution in [0.2, 0.25) is 0 Å². The average Bonchev–Trinajstić information content (AvgIpc) is 2.47. The van der Waals surface area contributed by atoms with Crippen molar-refractivity contribution in [2.75, 3.05) is 0 Å². The van der Waals surface area contributed by atoms with Crippen LogP contribution in [-0.4, -0.2) is 11.1 Å². The molecule has 0 saturated carbocycles. The maximum absolute atomic E-state index is 10.7. The molecule has 74 valence electrons. The minimum Gasteiger partial charge on any atom is -0.427 e. The van der Waals surface area contributed by atoms with Crippen molar-refractivity contribution >= 4 is 5.97 Å². The van der Waals surface area contributed by atoms with Gasteiger partial charge in [0, 0.05) is 6.92 Å². The van der Waals surface area contributed by atoms with Gasteiger partial charge in [0.25, 0.3) is 0 Å². The zero-order valence-electron chi connectivity index (χ0n) is 7.99. The molecule has 0 fully saturated rings. The van der Waals surface area contributed by atoms with Gasteiger partial charge in [-0.15, -0.1) is 0 Å². The van der Waals surface area contributed by atoms with Gasteiger partial charge in [-0.2, -0.15) is 0 Å². The Labute approximate surface area is 82.3 Å². The molecular weight excluding hydrogens is 180 g/mol. The first-order valence-corrected chi connectivity index (χ1v) is 4.66. The standard InChI is InChI=1S/C11H12O3/c1-7(12)14-9-4-2-8-3-5-11(13)10(8)6-9/h2,4,6,11,13H,3,5H2,1H3. The molecule has 0 spiro atoms. The highest BCUT2D eigenvalue weighted by atomic mass is 16.5. The van der Waals surface area contributed by atoms with E-state index in [9.17, 15) is 9.90 Å². The van der Waals surface area contributed by atoms with Gasteiger partial charge in [0.2, 0.25) is 0 Å². The molecule has 0 radical (unpaired) electrons. The second kappa shape index (κ2) is 3.42. The van der Waals surface area contributed by atoms with Gasteiger partial charge in [0.15, 0.2) is 0 Å². The van der Waals surface area contributed by atoms with Crippen LogP contribution in [0.15, 0.2) is 18.2 Å². The molecule has 0 aromatic heterocycles. The van der Waals surface area contributed by atoms with Gasteiger partial charge in [-0.05, 0) is 36.1 Å². The van der Waals surface area contributed by atoms with Crippen LogP contribution in [0, 0.1) is 0 Å². The lowest BCUT2D eigenvalue weighted by molar-refractivity contribution is -0.131. The van der Waals surface area contributed by atoms with E-state index in [0.717, 1.165) is 24.0 Å². The van der Waals surface area contributed by atoms with Crippen molar-refractivity contribution in [1.29, 1.82) is 0 Å². The normalized spacial score (nSPS) is 19.1. The van der Waals surface area contributed by atoms with Crippen LogP contribution in [0.25, 0.3) is 0 Å². The van der Waals surface area contributed by atoms with E-state index in [-0.39, 0.29) is 5.97 Å². The summed E-state index contributed by atoms with van der Waals surface area (Å²) < 4.78 is 4.94. The van der Waals surface area contributed by atoms with Gasteiger partial charge in [0.1, 0.15) is 5.75 Å². The van der Waals surface area contributed by atoms with Gasteiger partial charge in [-0.3, -0.25) is 4.79 Å². The number of benzene rings is 1. The van der Waals surface area contributed by atoms with E-state index in [1.165, 1.54) is 6.92 Å². The molecule has 1 aliphatic carbocycles. The second-order valence-electron chi connectivity index (χ2n) is 3.51. The van der Waals surface area contributed by atoms with Crippen molar-refractivity contribution in [2.24, 2.45) is 0 Å². The highest BCUT2D eigenvalue weighted by molar-refractivity contribution is 5.69. The van der Waals surface area contributed by atoms with Crippen molar-refractivity contribution in [3.63, 3.8) is 0 Å². The fourth-order valence-electron chi connectivity index (χ4n) is 1.79. The van der Waals surface area contributed by atoms with Crippen LogP contribution in [0.3, 0.4) is 0 Å². The summed E-state index contributed by atoms with van der Waals surface area (Å²) in [4.78, 5) is 10.7. The van der Waals surface area contributed by atoms with Gasteiger partial charge in [-0.1, -0.05) is 6.07 Å². The number of ether oxygens (including phenoxy) is 1. The molecule has 2 rings (SSSR count). The van der Waals surface area contributed by atoms with Crippen LogP contribution >= 0.6 is 0 Å². The summed E-state index contributed by atoms with van der Waals surface area (Å²) in [5, 5.41) is 9.60. The third kappa shape index (κ3) is 1.63. The molecule has 14 heavy (non-hydrogen) atoms. The van der Waals surface area contributed by atoms with E-state index in [2.05, 4.69) is 0 Å². The molecule has 3 nitrogen and oxygen atoms in total. The molecule has 0 aliphatic heterocycles. The van der Waals surface area contributed by atoms with Crippen LogP contribution in [0.4, 0.5) is 0 Å². The lowest BCUT2D eigenvalue weighted by Crippen LogP contribution is -2.02. The summed E-state index contributed by atoms with van der Waals surface area (Å²) in [5.74, 6) is 0.176. The molecule has 1 N–H and O–H groups in total. The Kier molecular flexibility index (Phi) is 2.25. The van der Waals surface area contributed by atoms with Gasteiger partial charge < -0.3 is 9.84 Å². The van der Waals surface area contributed by atoms with Gasteiger partial charge >= 0.3 is 5.97 Å². The van der Waals surface area contributed by atoms with Crippen LogP contribution in [-0.2, 0) is 11.2 Å². The smallest absolute Gasteiger partial charge is 0.308 e. The maximum Gasteiger partial charge on any atom is 0.308 e. The lowest BCUT2D eigenvalue weighted by atomic mass is 10.1. The molecule has 1 aromatic carbocycles. The van der Waals surface area contributed by atoms with Crippen molar-refractivity contribution in [2.45, 2.75) is 25.9 Å². The van der Waals surface area contributed by atoms with E-state index < -0.39 is 6.10 Å². The predicted molar refractivity (Wildman–Crippen MR) is 51.0 cm³/mol. The van der Waals surface area contributed by atoms with E-state index in [4.69, 9.17) is 4.74 Å².